The van der Waals surface area contributed by atoms with Gasteiger partial charge < -0.3 is 10.3 Å². The number of hydrogen-bond acceptors (Lipinski definition) is 6. The number of aryl methyl sites for hydroxylation is 2. The van der Waals surface area contributed by atoms with Gasteiger partial charge in [-0.2, -0.15) is 10.1 Å². The number of nitrogens with two attached hydrogens (primary N) is 1. The summed E-state index contributed by atoms with van der Waals surface area (Å²) in [5, 5.41) is 8.05. The van der Waals surface area contributed by atoms with E-state index in [0.29, 0.717) is 11.7 Å². The molecular weight excluding hydrogens is 256 g/mol. The highest BCUT2D eigenvalue weighted by atomic mass is 16.5. The summed E-state index contributed by atoms with van der Waals surface area (Å²) >= 11 is 0. The third-order valence-electron chi connectivity index (χ3n) is 3.07. The van der Waals surface area contributed by atoms with E-state index in [4.69, 9.17) is 10.3 Å². The van der Waals surface area contributed by atoms with Crippen LogP contribution in [0.25, 0.3) is 11.4 Å². The summed E-state index contributed by atoms with van der Waals surface area (Å²) in [5.74, 6) is 0.848. The van der Waals surface area contributed by atoms with Crippen LogP contribution in [0.1, 0.15) is 23.1 Å². The molecule has 7 heteroatoms. The molecule has 1 atom stereocenters. The molecule has 3 rings (SSSR count). The summed E-state index contributed by atoms with van der Waals surface area (Å²) in [7, 11) is 1.83. The van der Waals surface area contributed by atoms with E-state index in [0.717, 1.165) is 16.7 Å². The lowest BCUT2D eigenvalue weighted by Gasteiger charge is -2.02. The molecule has 3 heterocycles. The van der Waals surface area contributed by atoms with Crippen LogP contribution < -0.4 is 5.73 Å². The molecule has 0 radical (unpaired) electrons. The number of pyridine rings is 1. The predicted octanol–water partition coefficient (Wildman–Crippen LogP) is 1.22. The molecule has 1 unspecified atom stereocenters. The first-order chi connectivity index (χ1) is 9.65. The lowest BCUT2D eigenvalue weighted by molar-refractivity contribution is 0.367. The summed E-state index contributed by atoms with van der Waals surface area (Å²) in [5.41, 5.74) is 8.78. The summed E-state index contributed by atoms with van der Waals surface area (Å²) < 4.78 is 6.93. The molecule has 0 spiro atoms. The van der Waals surface area contributed by atoms with E-state index >= 15 is 0 Å². The first kappa shape index (κ1) is 12.5. The molecule has 2 N–H and O–H groups in total. The fourth-order valence-electron chi connectivity index (χ4n) is 1.91. The topological polar surface area (TPSA) is 95.6 Å². The molecule has 0 aliphatic rings. The van der Waals surface area contributed by atoms with Gasteiger partial charge in [0.2, 0.25) is 11.7 Å². The SMILES string of the molecule is Cc1ccncc1-c1noc(C(N)c2cnn(C)c2)n1. The molecule has 3 aromatic heterocycles. The van der Waals surface area contributed by atoms with Crippen LogP contribution in [0.4, 0.5) is 0 Å². The van der Waals surface area contributed by atoms with Crippen LogP contribution in [0.15, 0.2) is 35.4 Å². The maximum atomic E-state index is 6.09. The average molecular weight is 270 g/mol. The van der Waals surface area contributed by atoms with Gasteiger partial charge in [0.15, 0.2) is 0 Å². The van der Waals surface area contributed by atoms with Crippen LogP contribution in [0.2, 0.25) is 0 Å². The minimum absolute atomic E-state index is 0.358. The standard InChI is InChI=1S/C13H14N6O/c1-8-3-4-15-6-10(8)12-17-13(20-18-12)11(14)9-5-16-19(2)7-9/h3-7,11H,14H2,1-2H3. The van der Waals surface area contributed by atoms with E-state index in [-0.39, 0.29) is 0 Å². The van der Waals surface area contributed by atoms with E-state index < -0.39 is 6.04 Å². The van der Waals surface area contributed by atoms with Crippen molar-refractivity contribution in [3.05, 3.63) is 47.9 Å². The van der Waals surface area contributed by atoms with Crippen molar-refractivity contribution in [1.82, 2.24) is 24.9 Å². The highest BCUT2D eigenvalue weighted by Crippen LogP contribution is 2.22. The number of rotatable bonds is 3. The number of hydrogen-bond donors (Lipinski definition) is 1. The Hall–Kier alpha value is -2.54. The van der Waals surface area contributed by atoms with E-state index in [1.807, 2.05) is 26.2 Å². The zero-order chi connectivity index (χ0) is 14.1. The van der Waals surface area contributed by atoms with Crippen LogP contribution >= 0.6 is 0 Å². The normalized spacial score (nSPS) is 12.6. The molecule has 0 fully saturated rings. The smallest absolute Gasteiger partial charge is 0.248 e. The summed E-state index contributed by atoms with van der Waals surface area (Å²) in [4.78, 5) is 8.42. The Morgan fingerprint density at radius 3 is 2.90 bits per heavy atom. The molecule has 0 bridgehead atoms. The molecule has 7 nitrogen and oxygen atoms in total. The minimum atomic E-state index is -0.484. The summed E-state index contributed by atoms with van der Waals surface area (Å²) in [6, 6.07) is 1.41. The first-order valence-electron chi connectivity index (χ1n) is 6.14. The second kappa shape index (κ2) is 4.86. The van der Waals surface area contributed by atoms with Crippen LogP contribution in [-0.2, 0) is 7.05 Å². The van der Waals surface area contributed by atoms with Gasteiger partial charge in [-0.25, -0.2) is 0 Å². The molecule has 3 aromatic rings. The lowest BCUT2D eigenvalue weighted by Crippen LogP contribution is -2.11. The Morgan fingerprint density at radius 1 is 1.35 bits per heavy atom. The van der Waals surface area contributed by atoms with Gasteiger partial charge in [-0.15, -0.1) is 0 Å². The Morgan fingerprint density at radius 2 is 2.20 bits per heavy atom. The van der Waals surface area contributed by atoms with Crippen LogP contribution in [-0.4, -0.2) is 24.9 Å². The van der Waals surface area contributed by atoms with Crippen molar-refractivity contribution in [2.75, 3.05) is 0 Å². The van der Waals surface area contributed by atoms with Crippen molar-refractivity contribution >= 4 is 0 Å². The largest absolute Gasteiger partial charge is 0.337 e. The van der Waals surface area contributed by atoms with Crippen LogP contribution in [0, 0.1) is 6.92 Å². The first-order valence-corrected chi connectivity index (χ1v) is 6.14. The molecular formula is C13H14N6O. The fraction of sp³-hybridized carbons (Fsp3) is 0.231. The van der Waals surface area contributed by atoms with Crippen molar-refractivity contribution in [2.24, 2.45) is 12.8 Å². The van der Waals surface area contributed by atoms with Gasteiger partial charge in [0, 0.05) is 36.8 Å². The van der Waals surface area contributed by atoms with Gasteiger partial charge in [0.25, 0.3) is 0 Å². The molecule has 20 heavy (non-hydrogen) atoms. The second-order valence-electron chi connectivity index (χ2n) is 4.57. The number of nitrogens with zero attached hydrogens (tertiary/aromatic N) is 5. The van der Waals surface area contributed by atoms with Crippen LogP contribution in [0.3, 0.4) is 0 Å². The molecule has 0 saturated carbocycles. The fourth-order valence-corrected chi connectivity index (χ4v) is 1.91. The highest BCUT2D eigenvalue weighted by molar-refractivity contribution is 5.57. The van der Waals surface area contributed by atoms with Crippen molar-refractivity contribution in [1.29, 1.82) is 0 Å². The number of aromatic nitrogens is 5. The van der Waals surface area contributed by atoms with Gasteiger partial charge in [0.05, 0.1) is 6.20 Å². The lowest BCUT2D eigenvalue weighted by atomic mass is 10.1. The molecule has 0 saturated heterocycles. The Kier molecular flexibility index (Phi) is 3.03. The molecule has 0 amide bonds. The third kappa shape index (κ3) is 2.19. The predicted molar refractivity (Wildman–Crippen MR) is 71.5 cm³/mol. The van der Waals surface area contributed by atoms with Crippen molar-refractivity contribution < 1.29 is 4.52 Å². The van der Waals surface area contributed by atoms with Gasteiger partial charge in [0.1, 0.15) is 6.04 Å². The maximum Gasteiger partial charge on any atom is 0.248 e. The van der Waals surface area contributed by atoms with E-state index in [1.165, 1.54) is 0 Å². The molecule has 0 aliphatic carbocycles. The van der Waals surface area contributed by atoms with Crippen LogP contribution in [0.5, 0.6) is 0 Å². The van der Waals surface area contributed by atoms with Crippen molar-refractivity contribution in [3.8, 4) is 11.4 Å². The monoisotopic (exact) mass is 270 g/mol. The summed E-state index contributed by atoms with van der Waals surface area (Å²) in [6.45, 7) is 1.97. The van der Waals surface area contributed by atoms with Gasteiger partial charge in [-0.05, 0) is 18.6 Å². The average Bonchev–Trinajstić information content (AvgIpc) is 3.07. The zero-order valence-electron chi connectivity index (χ0n) is 11.2. The van der Waals surface area contributed by atoms with E-state index in [1.54, 1.807) is 23.3 Å². The zero-order valence-corrected chi connectivity index (χ0v) is 11.2. The Bertz CT molecular complexity index is 732. The van der Waals surface area contributed by atoms with Gasteiger partial charge in [-0.1, -0.05) is 5.16 Å². The van der Waals surface area contributed by atoms with Crippen molar-refractivity contribution in [3.63, 3.8) is 0 Å². The van der Waals surface area contributed by atoms with Gasteiger partial charge in [-0.3, -0.25) is 9.67 Å². The van der Waals surface area contributed by atoms with E-state index in [2.05, 4.69) is 20.2 Å². The quantitative estimate of drug-likeness (QED) is 0.768. The third-order valence-corrected chi connectivity index (χ3v) is 3.07. The van der Waals surface area contributed by atoms with E-state index in [9.17, 15) is 0 Å². The summed E-state index contributed by atoms with van der Waals surface area (Å²) in [6.07, 6.45) is 6.94. The highest BCUT2D eigenvalue weighted by Gasteiger charge is 2.19. The second-order valence-corrected chi connectivity index (χ2v) is 4.57. The van der Waals surface area contributed by atoms with Crippen molar-refractivity contribution in [2.45, 2.75) is 13.0 Å². The molecule has 102 valence electrons. The Balaban J connectivity index is 1.93. The molecule has 0 aliphatic heterocycles. The minimum Gasteiger partial charge on any atom is -0.337 e. The maximum absolute atomic E-state index is 6.09. The van der Waals surface area contributed by atoms with Gasteiger partial charge >= 0.3 is 0 Å². The Labute approximate surface area is 115 Å². The molecule has 0 aromatic carbocycles.